The fraction of sp³-hybridized carbons (Fsp3) is 0.185. The minimum absolute atomic E-state index is 0.215. The van der Waals surface area contributed by atoms with Gasteiger partial charge in [-0.1, -0.05) is 48.5 Å². The molecule has 5 N–H and O–H groups in total. The quantitative estimate of drug-likeness (QED) is 0.279. The first-order valence-corrected chi connectivity index (χ1v) is 11.7. The molecule has 0 saturated heterocycles. The Morgan fingerprint density at radius 2 is 1.58 bits per heavy atom. The maximum atomic E-state index is 12.5. The van der Waals surface area contributed by atoms with Crippen LogP contribution in [0, 0.1) is 0 Å². The van der Waals surface area contributed by atoms with Crippen LogP contribution < -0.4 is 26.4 Å². The van der Waals surface area contributed by atoms with E-state index in [1.807, 2.05) is 24.3 Å². The van der Waals surface area contributed by atoms with E-state index in [1.165, 1.54) is 18.2 Å². The van der Waals surface area contributed by atoms with Gasteiger partial charge in [0.05, 0.1) is 18.5 Å². The van der Waals surface area contributed by atoms with Crippen LogP contribution in [-0.2, 0) is 19.4 Å². The van der Waals surface area contributed by atoms with Crippen molar-refractivity contribution in [1.29, 1.82) is 0 Å². The lowest BCUT2D eigenvalue weighted by molar-refractivity contribution is 0.102. The number of hydrogen-bond donors (Lipinski definition) is 4. The van der Waals surface area contributed by atoms with Gasteiger partial charge in [0.15, 0.2) is 0 Å². The van der Waals surface area contributed by atoms with E-state index in [1.54, 1.807) is 24.3 Å². The summed E-state index contributed by atoms with van der Waals surface area (Å²) in [6.07, 6.45) is 1.84. The molecule has 182 valence electrons. The van der Waals surface area contributed by atoms with Crippen molar-refractivity contribution in [2.24, 2.45) is 0 Å². The van der Waals surface area contributed by atoms with Gasteiger partial charge >= 0.3 is 6.01 Å². The number of para-hydroxylation sites is 2. The van der Waals surface area contributed by atoms with E-state index in [0.717, 1.165) is 18.4 Å². The highest BCUT2D eigenvalue weighted by atomic mass is 16.5. The average Bonchev–Trinajstić information content (AvgIpc) is 3.31. The molecule has 0 radical (unpaired) electrons. The van der Waals surface area contributed by atoms with Crippen molar-refractivity contribution in [2.75, 3.05) is 28.8 Å². The first-order chi connectivity index (χ1) is 17.6. The maximum absolute atomic E-state index is 12.5. The molecule has 0 spiro atoms. The molecule has 0 saturated carbocycles. The summed E-state index contributed by atoms with van der Waals surface area (Å²) in [4.78, 5) is 25.7. The molecule has 0 fully saturated rings. The van der Waals surface area contributed by atoms with Gasteiger partial charge in [-0.05, 0) is 53.8 Å². The number of hydrogen-bond acceptors (Lipinski definition) is 8. The lowest BCUT2D eigenvalue weighted by Gasteiger charge is -2.14. The minimum atomic E-state index is -0.223. The summed E-state index contributed by atoms with van der Waals surface area (Å²) in [5.74, 6) is 0.648. The van der Waals surface area contributed by atoms with E-state index in [0.29, 0.717) is 35.4 Å². The third kappa shape index (κ3) is 5.35. The van der Waals surface area contributed by atoms with E-state index in [9.17, 15) is 4.79 Å². The van der Waals surface area contributed by atoms with Gasteiger partial charge in [-0.15, -0.1) is 0 Å². The monoisotopic (exact) mass is 481 g/mol. The van der Waals surface area contributed by atoms with E-state index in [4.69, 9.17) is 10.5 Å². The number of aromatic nitrogens is 3. The highest BCUT2D eigenvalue weighted by Crippen LogP contribution is 2.24. The summed E-state index contributed by atoms with van der Waals surface area (Å²) >= 11 is 0. The van der Waals surface area contributed by atoms with Gasteiger partial charge in [0, 0.05) is 18.2 Å². The molecule has 0 atom stereocenters. The number of carbonyl (C=O) groups is 1. The van der Waals surface area contributed by atoms with Gasteiger partial charge < -0.3 is 26.4 Å². The second-order valence-corrected chi connectivity index (χ2v) is 8.58. The Hall–Kier alpha value is -4.66. The Bertz CT molecular complexity index is 1350. The van der Waals surface area contributed by atoms with E-state index in [-0.39, 0.29) is 18.0 Å². The minimum Gasteiger partial charge on any atom is -0.467 e. The number of rotatable bonds is 8. The average molecular weight is 482 g/mol. The summed E-state index contributed by atoms with van der Waals surface area (Å²) < 4.78 is 5.28. The molecular weight excluding hydrogens is 454 g/mol. The molecule has 9 nitrogen and oxygen atoms in total. The van der Waals surface area contributed by atoms with E-state index in [2.05, 4.69) is 55.2 Å². The molecule has 36 heavy (non-hydrogen) atoms. The Labute approximate surface area is 209 Å². The van der Waals surface area contributed by atoms with Gasteiger partial charge in [0.2, 0.25) is 11.9 Å². The summed E-state index contributed by atoms with van der Waals surface area (Å²) in [5, 5.41) is 9.45. The van der Waals surface area contributed by atoms with Gasteiger partial charge in [-0.2, -0.15) is 15.0 Å². The third-order valence-corrected chi connectivity index (χ3v) is 6.06. The summed E-state index contributed by atoms with van der Waals surface area (Å²) in [6.45, 7) is 0.467. The van der Waals surface area contributed by atoms with Gasteiger partial charge in [-0.3, -0.25) is 4.79 Å². The zero-order chi connectivity index (χ0) is 24.9. The summed E-state index contributed by atoms with van der Waals surface area (Å²) in [7, 11) is 1.53. The Morgan fingerprint density at radius 3 is 2.28 bits per heavy atom. The second-order valence-electron chi connectivity index (χ2n) is 8.58. The molecule has 1 aliphatic carbocycles. The first kappa shape index (κ1) is 23.1. The summed E-state index contributed by atoms with van der Waals surface area (Å²) in [6, 6.07) is 23.3. The summed E-state index contributed by atoms with van der Waals surface area (Å²) in [5.41, 5.74) is 11.2. The Balaban J connectivity index is 1.21. The first-order valence-electron chi connectivity index (χ1n) is 11.7. The van der Waals surface area contributed by atoms with Gasteiger partial charge in [-0.25, -0.2) is 0 Å². The number of amides is 1. The molecular formula is C27H27N7O2. The largest absolute Gasteiger partial charge is 0.467 e. The topological polar surface area (TPSA) is 127 Å². The van der Waals surface area contributed by atoms with Gasteiger partial charge in [0.1, 0.15) is 0 Å². The molecule has 1 aliphatic rings. The number of anilines is 4. The standard InChI is InChI=1S/C27H27N7O2/c1-36-27-33-25(32-26(34-27)30-21-14-19-6-2-3-7-20(19)15-21)29-16-17-10-12-18(13-11-17)24(35)31-23-9-5-4-8-22(23)28/h2-13,21H,14-16,28H2,1H3,(H,31,35)(H2,29,30,32,33,34). The van der Waals surface area contributed by atoms with Crippen molar-refractivity contribution in [3.05, 3.63) is 95.1 Å². The molecule has 5 rings (SSSR count). The number of methoxy groups -OCH3 is 1. The fourth-order valence-electron chi connectivity index (χ4n) is 4.20. The van der Waals surface area contributed by atoms with Crippen LogP contribution in [-0.4, -0.2) is 34.0 Å². The molecule has 3 aromatic carbocycles. The molecule has 0 bridgehead atoms. The lowest BCUT2D eigenvalue weighted by Crippen LogP contribution is -2.22. The van der Waals surface area contributed by atoms with E-state index >= 15 is 0 Å². The SMILES string of the molecule is COc1nc(NCc2ccc(C(=O)Nc3ccccc3N)cc2)nc(NC2Cc3ccccc3C2)n1. The lowest BCUT2D eigenvalue weighted by atomic mass is 10.1. The van der Waals surface area contributed by atoms with Crippen molar-refractivity contribution in [2.45, 2.75) is 25.4 Å². The van der Waals surface area contributed by atoms with Crippen molar-refractivity contribution in [1.82, 2.24) is 15.0 Å². The van der Waals surface area contributed by atoms with Crippen LogP contribution in [0.15, 0.2) is 72.8 Å². The zero-order valence-corrected chi connectivity index (χ0v) is 19.9. The van der Waals surface area contributed by atoms with Crippen LogP contribution in [0.1, 0.15) is 27.0 Å². The van der Waals surface area contributed by atoms with Crippen LogP contribution in [0.2, 0.25) is 0 Å². The van der Waals surface area contributed by atoms with Crippen molar-refractivity contribution in [3.8, 4) is 6.01 Å². The van der Waals surface area contributed by atoms with E-state index < -0.39 is 0 Å². The van der Waals surface area contributed by atoms with Crippen LogP contribution in [0.25, 0.3) is 0 Å². The molecule has 4 aromatic rings. The molecule has 1 aromatic heterocycles. The maximum Gasteiger partial charge on any atom is 0.322 e. The number of carbonyl (C=O) groups excluding carboxylic acids is 1. The smallest absolute Gasteiger partial charge is 0.322 e. The second kappa shape index (κ2) is 10.3. The van der Waals surface area contributed by atoms with Crippen molar-refractivity contribution >= 4 is 29.2 Å². The number of nitrogens with one attached hydrogen (secondary N) is 3. The highest BCUT2D eigenvalue weighted by Gasteiger charge is 2.22. The molecule has 0 aliphatic heterocycles. The van der Waals surface area contributed by atoms with Crippen molar-refractivity contribution < 1.29 is 9.53 Å². The number of nitrogen functional groups attached to an aromatic ring is 1. The highest BCUT2D eigenvalue weighted by molar-refractivity contribution is 6.05. The zero-order valence-electron chi connectivity index (χ0n) is 19.9. The van der Waals surface area contributed by atoms with Crippen LogP contribution in [0.5, 0.6) is 6.01 Å². The Morgan fingerprint density at radius 1 is 0.917 bits per heavy atom. The predicted octanol–water partition coefficient (Wildman–Crippen LogP) is 3.91. The Kier molecular flexibility index (Phi) is 6.61. The normalized spacial score (nSPS) is 12.6. The molecule has 9 heteroatoms. The predicted molar refractivity (Wildman–Crippen MR) is 140 cm³/mol. The molecule has 1 amide bonds. The number of nitrogens with two attached hydrogens (primary N) is 1. The van der Waals surface area contributed by atoms with Crippen molar-refractivity contribution in [3.63, 3.8) is 0 Å². The number of benzene rings is 3. The number of ether oxygens (including phenoxy) is 1. The fourth-order valence-corrected chi connectivity index (χ4v) is 4.20. The number of fused-ring (bicyclic) bond motifs is 1. The van der Waals surface area contributed by atoms with Crippen LogP contribution in [0.4, 0.5) is 23.3 Å². The molecule has 1 heterocycles. The number of nitrogens with zero attached hydrogens (tertiary/aromatic N) is 3. The third-order valence-electron chi connectivity index (χ3n) is 6.06. The van der Waals surface area contributed by atoms with Crippen LogP contribution >= 0.6 is 0 Å². The van der Waals surface area contributed by atoms with Gasteiger partial charge in [0.25, 0.3) is 5.91 Å². The molecule has 0 unspecified atom stereocenters. The van der Waals surface area contributed by atoms with Crippen LogP contribution in [0.3, 0.4) is 0 Å².